The van der Waals surface area contributed by atoms with Crippen LogP contribution in [-0.2, 0) is 9.59 Å². The van der Waals surface area contributed by atoms with Gasteiger partial charge in [0.15, 0.2) is 5.60 Å². The number of carbonyl (C=O) groups is 2. The Morgan fingerprint density at radius 3 is 2.17 bits per heavy atom. The van der Waals surface area contributed by atoms with Gasteiger partial charge in [0, 0.05) is 0 Å². The van der Waals surface area contributed by atoms with Gasteiger partial charge in [0.2, 0.25) is 0 Å². The lowest BCUT2D eigenvalue weighted by atomic mass is 9.97. The Kier molecular flexibility index (Phi) is 3.19. The van der Waals surface area contributed by atoms with E-state index in [1.54, 1.807) is 0 Å². The van der Waals surface area contributed by atoms with Crippen LogP contribution < -0.4 is 0 Å². The minimum atomic E-state index is -2.47. The van der Waals surface area contributed by atoms with Crippen LogP contribution in [0, 0.1) is 11.3 Å². The topological polar surface area (TPSA) is 119 Å². The maximum Gasteiger partial charge on any atom is 0.337 e. The standard InChI is InChI=1S/C6H7NO5/c7-2-1-6(12,5(10)11)3-4(8)9/h12H,1,3H2,(H,8,9)(H,10,11). The zero-order valence-electron chi connectivity index (χ0n) is 6.02. The molecule has 66 valence electrons. The molecule has 0 aromatic carbocycles. The number of aliphatic carboxylic acids is 2. The molecule has 0 aliphatic heterocycles. The fourth-order valence-corrected chi connectivity index (χ4v) is 0.595. The molecule has 0 saturated carbocycles. The molecule has 12 heavy (non-hydrogen) atoms. The van der Waals surface area contributed by atoms with Crippen LogP contribution >= 0.6 is 0 Å². The molecule has 0 amide bonds. The monoisotopic (exact) mass is 173 g/mol. The number of hydrogen-bond donors (Lipinski definition) is 3. The van der Waals surface area contributed by atoms with Gasteiger partial charge in [-0.3, -0.25) is 4.79 Å². The van der Waals surface area contributed by atoms with E-state index in [2.05, 4.69) is 0 Å². The van der Waals surface area contributed by atoms with E-state index >= 15 is 0 Å². The van der Waals surface area contributed by atoms with Crippen LogP contribution in [0.5, 0.6) is 0 Å². The van der Waals surface area contributed by atoms with E-state index in [9.17, 15) is 9.59 Å². The van der Waals surface area contributed by atoms with Gasteiger partial charge in [0.05, 0.1) is 18.9 Å². The molecule has 0 aromatic rings. The summed E-state index contributed by atoms with van der Waals surface area (Å²) in [5, 5.41) is 33.7. The summed E-state index contributed by atoms with van der Waals surface area (Å²) in [6.45, 7) is 0. The molecule has 0 heterocycles. The predicted molar refractivity (Wildman–Crippen MR) is 35.1 cm³/mol. The van der Waals surface area contributed by atoms with Crippen LogP contribution in [0.3, 0.4) is 0 Å². The van der Waals surface area contributed by atoms with E-state index in [0.29, 0.717) is 0 Å². The van der Waals surface area contributed by atoms with Crippen LogP contribution in [0.15, 0.2) is 0 Å². The molecule has 0 rings (SSSR count). The number of nitriles is 1. The number of carboxylic acids is 2. The maximum absolute atomic E-state index is 10.3. The van der Waals surface area contributed by atoms with Crippen molar-refractivity contribution in [3.8, 4) is 6.07 Å². The van der Waals surface area contributed by atoms with Crippen molar-refractivity contribution in [2.75, 3.05) is 0 Å². The van der Waals surface area contributed by atoms with Crippen LogP contribution in [0.4, 0.5) is 0 Å². The summed E-state index contributed by atoms with van der Waals surface area (Å²) in [7, 11) is 0. The molecule has 0 aliphatic carbocycles. The summed E-state index contributed by atoms with van der Waals surface area (Å²) in [6.07, 6.45) is -1.72. The average molecular weight is 173 g/mol. The predicted octanol–water partition coefficient (Wildman–Crippen LogP) is -0.810. The molecule has 6 heteroatoms. The SMILES string of the molecule is N#CCC(O)(CC(=O)O)C(=O)O. The first-order chi connectivity index (χ1) is 5.42. The Morgan fingerprint density at radius 1 is 1.42 bits per heavy atom. The van der Waals surface area contributed by atoms with Crippen molar-refractivity contribution < 1.29 is 24.9 Å². The number of rotatable bonds is 4. The van der Waals surface area contributed by atoms with Crippen LogP contribution in [0.25, 0.3) is 0 Å². The molecule has 0 fully saturated rings. The summed E-state index contributed by atoms with van der Waals surface area (Å²) < 4.78 is 0. The largest absolute Gasteiger partial charge is 0.481 e. The Labute approximate surface area is 67.7 Å². The first-order valence-corrected chi connectivity index (χ1v) is 2.97. The lowest BCUT2D eigenvalue weighted by Crippen LogP contribution is -2.40. The van der Waals surface area contributed by atoms with Crippen molar-refractivity contribution in [1.82, 2.24) is 0 Å². The third kappa shape index (κ3) is 2.56. The zero-order valence-corrected chi connectivity index (χ0v) is 6.02. The Morgan fingerprint density at radius 2 is 1.92 bits per heavy atom. The van der Waals surface area contributed by atoms with E-state index in [-0.39, 0.29) is 0 Å². The first kappa shape index (κ1) is 10.4. The fourth-order valence-electron chi connectivity index (χ4n) is 0.595. The molecule has 0 aromatic heterocycles. The van der Waals surface area contributed by atoms with Crippen molar-refractivity contribution in [1.29, 1.82) is 5.26 Å². The quantitative estimate of drug-likeness (QED) is 0.511. The van der Waals surface area contributed by atoms with Crippen molar-refractivity contribution in [2.45, 2.75) is 18.4 Å². The van der Waals surface area contributed by atoms with Crippen LogP contribution in [-0.4, -0.2) is 32.9 Å². The summed E-state index contributed by atoms with van der Waals surface area (Å²) in [6, 6.07) is 1.40. The van der Waals surface area contributed by atoms with Gasteiger partial charge in [0.25, 0.3) is 0 Å². The highest BCUT2D eigenvalue weighted by Gasteiger charge is 2.38. The van der Waals surface area contributed by atoms with E-state index in [1.807, 2.05) is 0 Å². The van der Waals surface area contributed by atoms with E-state index in [4.69, 9.17) is 20.6 Å². The second-order valence-corrected chi connectivity index (χ2v) is 2.24. The molecular formula is C6H7NO5. The number of hydrogen-bond acceptors (Lipinski definition) is 4. The molecule has 0 bridgehead atoms. The lowest BCUT2D eigenvalue weighted by Gasteiger charge is -2.16. The Hall–Kier alpha value is -1.61. The number of nitrogens with zero attached hydrogens (tertiary/aromatic N) is 1. The maximum atomic E-state index is 10.3. The summed E-state index contributed by atoms with van der Waals surface area (Å²) >= 11 is 0. The first-order valence-electron chi connectivity index (χ1n) is 2.97. The molecule has 6 nitrogen and oxygen atoms in total. The van der Waals surface area contributed by atoms with Gasteiger partial charge < -0.3 is 15.3 Å². The highest BCUT2D eigenvalue weighted by atomic mass is 16.4. The van der Waals surface area contributed by atoms with Crippen molar-refractivity contribution in [3.63, 3.8) is 0 Å². The summed E-state index contributed by atoms with van der Waals surface area (Å²) in [5.74, 6) is -3.17. The van der Waals surface area contributed by atoms with Gasteiger partial charge in [-0.1, -0.05) is 0 Å². The third-order valence-corrected chi connectivity index (χ3v) is 1.21. The smallest absolute Gasteiger partial charge is 0.337 e. The van der Waals surface area contributed by atoms with Crippen LogP contribution in [0.1, 0.15) is 12.8 Å². The molecule has 0 radical (unpaired) electrons. The third-order valence-electron chi connectivity index (χ3n) is 1.21. The molecular weight excluding hydrogens is 166 g/mol. The lowest BCUT2D eigenvalue weighted by molar-refractivity contribution is -0.164. The average Bonchev–Trinajstić information content (AvgIpc) is 1.85. The van der Waals surface area contributed by atoms with Crippen molar-refractivity contribution >= 4 is 11.9 Å². The number of carboxylic acid groups (broad SMARTS) is 2. The van der Waals surface area contributed by atoms with E-state index in [0.717, 1.165) is 0 Å². The van der Waals surface area contributed by atoms with Gasteiger partial charge in [0.1, 0.15) is 0 Å². The molecule has 3 N–H and O–H groups in total. The molecule has 1 atom stereocenters. The van der Waals surface area contributed by atoms with Crippen molar-refractivity contribution in [3.05, 3.63) is 0 Å². The fraction of sp³-hybridized carbons (Fsp3) is 0.500. The Bertz CT molecular complexity index is 243. The van der Waals surface area contributed by atoms with Gasteiger partial charge in [-0.15, -0.1) is 0 Å². The van der Waals surface area contributed by atoms with E-state index < -0.39 is 30.4 Å². The Balaban J connectivity index is 4.52. The van der Waals surface area contributed by atoms with E-state index in [1.165, 1.54) is 6.07 Å². The zero-order chi connectivity index (χ0) is 9.78. The second kappa shape index (κ2) is 3.69. The number of aliphatic hydroxyl groups is 1. The normalized spacial score (nSPS) is 14.3. The summed E-state index contributed by atoms with van der Waals surface area (Å²) in [4.78, 5) is 20.3. The summed E-state index contributed by atoms with van der Waals surface area (Å²) in [5.41, 5.74) is -2.47. The minimum Gasteiger partial charge on any atom is -0.481 e. The molecule has 0 spiro atoms. The molecule has 1 unspecified atom stereocenters. The van der Waals surface area contributed by atoms with Gasteiger partial charge in [-0.05, 0) is 0 Å². The second-order valence-electron chi connectivity index (χ2n) is 2.24. The minimum absolute atomic E-state index is 0.741. The van der Waals surface area contributed by atoms with Gasteiger partial charge in [-0.2, -0.15) is 5.26 Å². The molecule has 0 aliphatic rings. The van der Waals surface area contributed by atoms with Crippen LogP contribution in [0.2, 0.25) is 0 Å². The van der Waals surface area contributed by atoms with Gasteiger partial charge in [-0.25, -0.2) is 4.79 Å². The van der Waals surface area contributed by atoms with Crippen molar-refractivity contribution in [2.24, 2.45) is 0 Å². The highest BCUT2D eigenvalue weighted by molar-refractivity contribution is 5.83. The van der Waals surface area contributed by atoms with Gasteiger partial charge >= 0.3 is 11.9 Å². The highest BCUT2D eigenvalue weighted by Crippen LogP contribution is 2.14. The molecule has 0 saturated heterocycles.